The molecule has 2 fully saturated rings. The SMILES string of the molecule is CCN1CCCCC1n1c(C2CCOC2)nc2cccnc21. The van der Waals surface area contributed by atoms with Crippen molar-refractivity contribution in [3.63, 3.8) is 0 Å². The number of nitrogens with zero attached hydrogens (tertiary/aromatic N) is 4. The van der Waals surface area contributed by atoms with Crippen molar-refractivity contribution in [1.29, 1.82) is 0 Å². The zero-order chi connectivity index (χ0) is 14.9. The molecule has 5 heteroatoms. The van der Waals surface area contributed by atoms with Crippen molar-refractivity contribution < 1.29 is 4.74 Å². The van der Waals surface area contributed by atoms with Crippen LogP contribution in [0, 0.1) is 0 Å². The number of ether oxygens (including phenoxy) is 1. The van der Waals surface area contributed by atoms with E-state index in [9.17, 15) is 0 Å². The van der Waals surface area contributed by atoms with Crippen LogP contribution in [0.2, 0.25) is 0 Å². The van der Waals surface area contributed by atoms with Gasteiger partial charge in [0.2, 0.25) is 0 Å². The number of fused-ring (bicyclic) bond motifs is 1. The molecule has 0 N–H and O–H groups in total. The second-order valence-corrected chi connectivity index (χ2v) is 6.35. The first-order valence-electron chi connectivity index (χ1n) is 8.53. The van der Waals surface area contributed by atoms with Gasteiger partial charge in [0.1, 0.15) is 11.3 Å². The Kier molecular flexibility index (Phi) is 3.84. The van der Waals surface area contributed by atoms with E-state index in [0.29, 0.717) is 12.1 Å². The van der Waals surface area contributed by atoms with Crippen LogP contribution in [0.25, 0.3) is 11.2 Å². The average molecular weight is 300 g/mol. The molecule has 0 amide bonds. The summed E-state index contributed by atoms with van der Waals surface area (Å²) in [5.41, 5.74) is 2.06. The Morgan fingerprint density at radius 3 is 3.09 bits per heavy atom. The molecule has 0 aromatic carbocycles. The van der Waals surface area contributed by atoms with Gasteiger partial charge in [0, 0.05) is 25.3 Å². The fourth-order valence-electron chi connectivity index (χ4n) is 3.90. The summed E-state index contributed by atoms with van der Waals surface area (Å²) in [6, 6.07) is 4.06. The Labute approximate surface area is 131 Å². The molecular weight excluding hydrogens is 276 g/mol. The Morgan fingerprint density at radius 2 is 2.27 bits per heavy atom. The third kappa shape index (κ3) is 2.32. The van der Waals surface area contributed by atoms with Crippen LogP contribution in [0.15, 0.2) is 18.3 Å². The molecule has 0 aliphatic carbocycles. The summed E-state index contributed by atoms with van der Waals surface area (Å²) in [4.78, 5) is 12.2. The van der Waals surface area contributed by atoms with E-state index in [1.807, 2.05) is 12.3 Å². The molecule has 4 heterocycles. The van der Waals surface area contributed by atoms with Crippen molar-refractivity contribution in [3.05, 3.63) is 24.2 Å². The van der Waals surface area contributed by atoms with Crippen LogP contribution in [-0.4, -0.2) is 45.7 Å². The van der Waals surface area contributed by atoms with Gasteiger partial charge in [-0.2, -0.15) is 0 Å². The lowest BCUT2D eigenvalue weighted by Crippen LogP contribution is -2.37. The average Bonchev–Trinajstić information content (AvgIpc) is 3.22. The smallest absolute Gasteiger partial charge is 0.161 e. The van der Waals surface area contributed by atoms with Gasteiger partial charge in [-0.3, -0.25) is 9.47 Å². The van der Waals surface area contributed by atoms with E-state index in [4.69, 9.17) is 9.72 Å². The van der Waals surface area contributed by atoms with Gasteiger partial charge in [-0.05, 0) is 44.4 Å². The van der Waals surface area contributed by atoms with E-state index in [2.05, 4.69) is 27.4 Å². The number of hydrogen-bond donors (Lipinski definition) is 0. The maximum atomic E-state index is 5.62. The van der Waals surface area contributed by atoms with Gasteiger partial charge in [-0.15, -0.1) is 0 Å². The highest BCUT2D eigenvalue weighted by Gasteiger charge is 2.31. The van der Waals surface area contributed by atoms with Crippen molar-refractivity contribution >= 4 is 11.2 Å². The van der Waals surface area contributed by atoms with Crippen LogP contribution in [-0.2, 0) is 4.74 Å². The minimum atomic E-state index is 0.397. The van der Waals surface area contributed by atoms with Gasteiger partial charge < -0.3 is 4.74 Å². The molecule has 2 aromatic rings. The first-order valence-corrected chi connectivity index (χ1v) is 8.53. The molecule has 2 saturated heterocycles. The molecule has 5 nitrogen and oxygen atoms in total. The highest BCUT2D eigenvalue weighted by Crippen LogP contribution is 2.34. The number of likely N-dealkylation sites (tertiary alicyclic amines) is 1. The lowest BCUT2D eigenvalue weighted by atomic mass is 10.1. The molecular formula is C17H24N4O. The zero-order valence-corrected chi connectivity index (χ0v) is 13.2. The third-order valence-corrected chi connectivity index (χ3v) is 5.05. The minimum Gasteiger partial charge on any atom is -0.381 e. The molecule has 2 aliphatic rings. The normalized spacial score (nSPS) is 26.8. The van der Waals surface area contributed by atoms with Crippen molar-refractivity contribution in [2.75, 3.05) is 26.3 Å². The topological polar surface area (TPSA) is 43.2 Å². The molecule has 118 valence electrons. The van der Waals surface area contributed by atoms with E-state index in [1.54, 1.807) is 0 Å². The maximum absolute atomic E-state index is 5.62. The summed E-state index contributed by atoms with van der Waals surface area (Å²) in [5.74, 6) is 1.59. The summed E-state index contributed by atoms with van der Waals surface area (Å²) >= 11 is 0. The number of piperidine rings is 1. The van der Waals surface area contributed by atoms with Crippen LogP contribution >= 0.6 is 0 Å². The molecule has 22 heavy (non-hydrogen) atoms. The van der Waals surface area contributed by atoms with E-state index >= 15 is 0 Å². The Morgan fingerprint density at radius 1 is 1.32 bits per heavy atom. The van der Waals surface area contributed by atoms with Crippen molar-refractivity contribution in [1.82, 2.24) is 19.4 Å². The summed E-state index contributed by atoms with van der Waals surface area (Å²) in [7, 11) is 0. The summed E-state index contributed by atoms with van der Waals surface area (Å²) < 4.78 is 8.03. The summed E-state index contributed by atoms with van der Waals surface area (Å²) in [6.07, 6.45) is 7.13. The Bertz CT molecular complexity index is 647. The van der Waals surface area contributed by atoms with Crippen LogP contribution in [0.5, 0.6) is 0 Å². The van der Waals surface area contributed by atoms with Crippen LogP contribution in [0.1, 0.15) is 50.5 Å². The van der Waals surface area contributed by atoms with Gasteiger partial charge >= 0.3 is 0 Å². The quantitative estimate of drug-likeness (QED) is 0.874. The monoisotopic (exact) mass is 300 g/mol. The van der Waals surface area contributed by atoms with E-state index in [-0.39, 0.29) is 0 Å². The van der Waals surface area contributed by atoms with Crippen molar-refractivity contribution in [3.8, 4) is 0 Å². The predicted octanol–water partition coefficient (Wildman–Crippen LogP) is 2.94. The highest BCUT2D eigenvalue weighted by molar-refractivity contribution is 5.71. The molecule has 0 bridgehead atoms. The van der Waals surface area contributed by atoms with E-state index in [1.165, 1.54) is 31.6 Å². The standard InChI is InChI=1S/C17H24N4O/c1-2-20-10-4-3-7-15(20)21-16(13-8-11-22-12-13)19-14-6-5-9-18-17(14)21/h5-6,9,13,15H,2-4,7-8,10-12H2,1H3. The fourth-order valence-corrected chi connectivity index (χ4v) is 3.90. The first kappa shape index (κ1) is 14.2. The summed E-state index contributed by atoms with van der Waals surface area (Å²) in [6.45, 7) is 6.15. The molecule has 2 atom stereocenters. The zero-order valence-electron chi connectivity index (χ0n) is 13.2. The number of hydrogen-bond acceptors (Lipinski definition) is 4. The third-order valence-electron chi connectivity index (χ3n) is 5.05. The number of rotatable bonds is 3. The molecule has 0 radical (unpaired) electrons. The van der Waals surface area contributed by atoms with Gasteiger partial charge in [0.05, 0.1) is 12.8 Å². The lowest BCUT2D eigenvalue weighted by molar-refractivity contribution is 0.101. The number of pyridine rings is 1. The Balaban J connectivity index is 1.84. The molecule has 2 unspecified atom stereocenters. The van der Waals surface area contributed by atoms with Gasteiger partial charge in [-0.1, -0.05) is 6.92 Å². The van der Waals surface area contributed by atoms with Crippen molar-refractivity contribution in [2.24, 2.45) is 0 Å². The molecule has 2 aromatic heterocycles. The number of aromatic nitrogens is 3. The van der Waals surface area contributed by atoms with Gasteiger partial charge in [-0.25, -0.2) is 9.97 Å². The van der Waals surface area contributed by atoms with Gasteiger partial charge in [0.25, 0.3) is 0 Å². The Hall–Kier alpha value is -1.46. The second kappa shape index (κ2) is 5.97. The van der Waals surface area contributed by atoms with Crippen LogP contribution < -0.4 is 0 Å². The minimum absolute atomic E-state index is 0.397. The largest absolute Gasteiger partial charge is 0.381 e. The maximum Gasteiger partial charge on any atom is 0.161 e. The second-order valence-electron chi connectivity index (χ2n) is 6.35. The van der Waals surface area contributed by atoms with Crippen molar-refractivity contribution in [2.45, 2.75) is 44.7 Å². The molecule has 4 rings (SSSR count). The molecule has 0 saturated carbocycles. The van der Waals surface area contributed by atoms with Crippen LogP contribution in [0.4, 0.5) is 0 Å². The molecule has 0 spiro atoms. The summed E-state index contributed by atoms with van der Waals surface area (Å²) in [5, 5.41) is 0. The van der Waals surface area contributed by atoms with Crippen LogP contribution in [0.3, 0.4) is 0 Å². The lowest BCUT2D eigenvalue weighted by Gasteiger charge is -2.37. The molecule has 2 aliphatic heterocycles. The number of imidazole rings is 1. The first-order chi connectivity index (χ1) is 10.9. The van der Waals surface area contributed by atoms with Gasteiger partial charge in [0.15, 0.2) is 5.65 Å². The van der Waals surface area contributed by atoms with E-state index in [0.717, 1.165) is 37.3 Å². The predicted molar refractivity (Wildman–Crippen MR) is 85.8 cm³/mol. The fraction of sp³-hybridized carbons (Fsp3) is 0.647. The van der Waals surface area contributed by atoms with E-state index < -0.39 is 0 Å². The highest BCUT2D eigenvalue weighted by atomic mass is 16.5.